The van der Waals surface area contributed by atoms with Crippen molar-refractivity contribution >= 4 is 5.70 Å². The Labute approximate surface area is 105 Å². The second-order valence-electron chi connectivity index (χ2n) is 3.60. The van der Waals surface area contributed by atoms with Gasteiger partial charge in [-0.3, -0.25) is 0 Å². The SMILES string of the molecule is C=C(N)c1c(F)c(F)c(F)c(F)c1C(F)(F)C(F)(F)F. The van der Waals surface area contributed by atoms with Crippen LogP contribution in [-0.2, 0) is 5.92 Å². The average Bonchev–Trinajstić information content (AvgIpc) is 2.28. The highest BCUT2D eigenvalue weighted by molar-refractivity contribution is 5.65. The fourth-order valence-corrected chi connectivity index (χ4v) is 1.37. The zero-order chi connectivity index (χ0) is 16.0. The summed E-state index contributed by atoms with van der Waals surface area (Å²) in [6, 6.07) is 0. The highest BCUT2D eigenvalue weighted by Crippen LogP contribution is 2.48. The number of hydrogen-bond acceptors (Lipinski definition) is 1. The van der Waals surface area contributed by atoms with E-state index in [0.29, 0.717) is 0 Å². The van der Waals surface area contributed by atoms with Gasteiger partial charge in [-0.05, 0) is 0 Å². The van der Waals surface area contributed by atoms with Gasteiger partial charge < -0.3 is 5.73 Å². The van der Waals surface area contributed by atoms with Crippen molar-refractivity contribution in [2.45, 2.75) is 12.1 Å². The molecule has 0 fully saturated rings. The fourth-order valence-electron chi connectivity index (χ4n) is 1.37. The summed E-state index contributed by atoms with van der Waals surface area (Å²) >= 11 is 0. The molecule has 0 atom stereocenters. The monoisotopic (exact) mass is 309 g/mol. The standard InChI is InChI=1S/C10H4F9N/c1-2(20)3-4(9(15,16)10(17,18)19)6(12)8(14)7(13)5(3)11/h1,20H2. The number of alkyl halides is 5. The maximum Gasteiger partial charge on any atom is 0.458 e. The van der Waals surface area contributed by atoms with Crippen LogP contribution in [0.3, 0.4) is 0 Å². The molecule has 0 aromatic heterocycles. The van der Waals surface area contributed by atoms with Gasteiger partial charge in [0.2, 0.25) is 0 Å². The number of benzene rings is 1. The maximum atomic E-state index is 13.2. The van der Waals surface area contributed by atoms with E-state index in [2.05, 4.69) is 6.58 Å². The van der Waals surface area contributed by atoms with Crippen LogP contribution in [0.4, 0.5) is 39.5 Å². The summed E-state index contributed by atoms with van der Waals surface area (Å²) in [6.45, 7) is 2.64. The minimum Gasteiger partial charge on any atom is -0.399 e. The number of hydrogen-bond donors (Lipinski definition) is 1. The molecule has 0 unspecified atom stereocenters. The molecule has 1 aromatic rings. The first-order valence-corrected chi connectivity index (χ1v) is 4.59. The molecule has 1 nitrogen and oxygen atoms in total. The molecule has 1 aromatic carbocycles. The average molecular weight is 309 g/mol. The van der Waals surface area contributed by atoms with Gasteiger partial charge in [0.1, 0.15) is 0 Å². The van der Waals surface area contributed by atoms with E-state index in [9.17, 15) is 39.5 Å². The number of rotatable bonds is 2. The van der Waals surface area contributed by atoms with Crippen molar-refractivity contribution in [1.82, 2.24) is 0 Å². The zero-order valence-corrected chi connectivity index (χ0v) is 9.19. The van der Waals surface area contributed by atoms with E-state index in [1.807, 2.05) is 0 Å². The van der Waals surface area contributed by atoms with Crippen LogP contribution in [0.2, 0.25) is 0 Å². The van der Waals surface area contributed by atoms with E-state index in [4.69, 9.17) is 5.73 Å². The molecular formula is C10H4F9N. The molecule has 2 N–H and O–H groups in total. The Balaban J connectivity index is 3.93. The molecule has 0 aliphatic rings. The Morgan fingerprint density at radius 1 is 0.800 bits per heavy atom. The number of halogens is 9. The van der Waals surface area contributed by atoms with Crippen LogP contribution in [0.25, 0.3) is 5.70 Å². The predicted molar refractivity (Wildman–Crippen MR) is 49.4 cm³/mol. The Hall–Kier alpha value is -1.87. The lowest BCUT2D eigenvalue weighted by molar-refractivity contribution is -0.290. The van der Waals surface area contributed by atoms with Gasteiger partial charge in [-0.15, -0.1) is 0 Å². The molecule has 0 aliphatic carbocycles. The van der Waals surface area contributed by atoms with Gasteiger partial charge in [-0.25, -0.2) is 17.6 Å². The van der Waals surface area contributed by atoms with Crippen LogP contribution in [0.15, 0.2) is 6.58 Å². The summed E-state index contributed by atoms with van der Waals surface area (Å²) in [4.78, 5) is 0. The second-order valence-corrected chi connectivity index (χ2v) is 3.60. The maximum absolute atomic E-state index is 13.2. The Morgan fingerprint density at radius 3 is 1.55 bits per heavy atom. The van der Waals surface area contributed by atoms with Crippen molar-refractivity contribution in [3.63, 3.8) is 0 Å². The van der Waals surface area contributed by atoms with E-state index in [0.717, 1.165) is 0 Å². The van der Waals surface area contributed by atoms with Gasteiger partial charge in [0.15, 0.2) is 23.3 Å². The third-order valence-corrected chi connectivity index (χ3v) is 2.26. The van der Waals surface area contributed by atoms with Gasteiger partial charge in [0.05, 0.1) is 5.56 Å². The molecular weight excluding hydrogens is 305 g/mol. The summed E-state index contributed by atoms with van der Waals surface area (Å²) in [5.74, 6) is -16.8. The van der Waals surface area contributed by atoms with E-state index in [1.165, 1.54) is 0 Å². The third-order valence-electron chi connectivity index (χ3n) is 2.26. The van der Waals surface area contributed by atoms with Crippen molar-refractivity contribution in [3.05, 3.63) is 41.0 Å². The van der Waals surface area contributed by atoms with Crippen LogP contribution >= 0.6 is 0 Å². The molecule has 0 bridgehead atoms. The first-order chi connectivity index (χ1) is 8.84. The van der Waals surface area contributed by atoms with Gasteiger partial charge in [-0.2, -0.15) is 22.0 Å². The minimum absolute atomic E-state index is 1.32. The summed E-state index contributed by atoms with van der Waals surface area (Å²) < 4.78 is 115. The van der Waals surface area contributed by atoms with Gasteiger partial charge >= 0.3 is 12.1 Å². The lowest BCUT2D eigenvalue weighted by Gasteiger charge is -2.23. The topological polar surface area (TPSA) is 26.0 Å². The summed E-state index contributed by atoms with van der Waals surface area (Å²) in [7, 11) is 0. The van der Waals surface area contributed by atoms with Gasteiger partial charge in [0, 0.05) is 11.3 Å². The second kappa shape index (κ2) is 4.60. The molecule has 0 aliphatic heterocycles. The minimum atomic E-state index is -6.38. The highest BCUT2D eigenvalue weighted by Gasteiger charge is 2.62. The van der Waals surface area contributed by atoms with Crippen molar-refractivity contribution < 1.29 is 39.5 Å². The largest absolute Gasteiger partial charge is 0.458 e. The van der Waals surface area contributed by atoms with Crippen LogP contribution in [0, 0.1) is 23.3 Å². The fraction of sp³-hybridized carbons (Fsp3) is 0.200. The molecule has 0 amide bonds. The Bertz CT molecular complexity index is 573. The number of nitrogens with two attached hydrogens (primary N) is 1. The quantitative estimate of drug-likeness (QED) is 0.501. The molecule has 1 rings (SSSR count). The highest BCUT2D eigenvalue weighted by atomic mass is 19.4. The molecule has 0 saturated carbocycles. The van der Waals surface area contributed by atoms with E-state index in [1.54, 1.807) is 0 Å². The van der Waals surface area contributed by atoms with E-state index in [-0.39, 0.29) is 0 Å². The van der Waals surface area contributed by atoms with Crippen LogP contribution in [-0.4, -0.2) is 6.18 Å². The van der Waals surface area contributed by atoms with E-state index >= 15 is 0 Å². The molecule has 0 heterocycles. The normalized spacial score (nSPS) is 12.7. The van der Waals surface area contributed by atoms with Crippen molar-refractivity contribution in [2.75, 3.05) is 0 Å². The lowest BCUT2D eigenvalue weighted by Crippen LogP contribution is -2.36. The van der Waals surface area contributed by atoms with Gasteiger partial charge in [-0.1, -0.05) is 6.58 Å². The zero-order valence-electron chi connectivity index (χ0n) is 9.19. The summed E-state index contributed by atoms with van der Waals surface area (Å²) in [5.41, 5.74) is -1.29. The van der Waals surface area contributed by atoms with Crippen LogP contribution < -0.4 is 5.73 Å². The van der Waals surface area contributed by atoms with E-state index < -0.39 is 52.2 Å². The lowest BCUT2D eigenvalue weighted by atomic mass is 9.97. The smallest absolute Gasteiger partial charge is 0.399 e. The van der Waals surface area contributed by atoms with Crippen molar-refractivity contribution in [3.8, 4) is 0 Å². The van der Waals surface area contributed by atoms with Crippen LogP contribution in [0.1, 0.15) is 11.1 Å². The van der Waals surface area contributed by atoms with Crippen molar-refractivity contribution in [1.29, 1.82) is 0 Å². The Kier molecular flexibility index (Phi) is 3.72. The molecule has 0 radical (unpaired) electrons. The summed E-state index contributed by atoms with van der Waals surface area (Å²) in [5, 5.41) is 0. The van der Waals surface area contributed by atoms with Crippen molar-refractivity contribution in [2.24, 2.45) is 5.73 Å². The summed E-state index contributed by atoms with van der Waals surface area (Å²) in [6.07, 6.45) is -6.38. The first-order valence-electron chi connectivity index (χ1n) is 4.59. The molecule has 20 heavy (non-hydrogen) atoms. The third kappa shape index (κ3) is 2.18. The molecule has 0 saturated heterocycles. The Morgan fingerprint density at radius 2 is 1.20 bits per heavy atom. The molecule has 10 heteroatoms. The van der Waals surface area contributed by atoms with Crippen LogP contribution in [0.5, 0.6) is 0 Å². The van der Waals surface area contributed by atoms with Gasteiger partial charge in [0.25, 0.3) is 0 Å². The predicted octanol–water partition coefficient (Wildman–Crippen LogP) is 3.83. The first kappa shape index (κ1) is 16.2. The molecule has 112 valence electrons. The molecule has 0 spiro atoms.